The van der Waals surface area contributed by atoms with E-state index in [1.165, 1.54) is 46.7 Å². The molecule has 33 heavy (non-hydrogen) atoms. The predicted octanol–water partition coefficient (Wildman–Crippen LogP) is 4.23. The van der Waals surface area contributed by atoms with Gasteiger partial charge < -0.3 is 5.11 Å². The number of thiazole rings is 1. The number of non-ortho nitro benzene ring substituents is 1. The molecule has 2 aromatic carbocycles. The van der Waals surface area contributed by atoms with Gasteiger partial charge in [0, 0.05) is 23.9 Å². The molecule has 1 amide bonds. The van der Waals surface area contributed by atoms with Gasteiger partial charge in [-0.25, -0.2) is 4.98 Å². The number of benzene rings is 2. The minimum atomic E-state index is -1.01. The summed E-state index contributed by atoms with van der Waals surface area (Å²) in [6.07, 6.45) is 1.53. The van der Waals surface area contributed by atoms with Gasteiger partial charge in [-0.05, 0) is 36.4 Å². The van der Waals surface area contributed by atoms with Gasteiger partial charge in [0.2, 0.25) is 0 Å². The molecule has 1 fully saturated rings. The Morgan fingerprint density at radius 3 is 2.42 bits per heavy atom. The number of aliphatic hydroxyl groups is 1. The van der Waals surface area contributed by atoms with Crippen LogP contribution in [0.3, 0.4) is 0 Å². The number of hydrogen-bond acceptors (Lipinski definition) is 8. The van der Waals surface area contributed by atoms with Crippen molar-refractivity contribution in [2.24, 2.45) is 0 Å². The molecule has 9 nitrogen and oxygen atoms in total. The fourth-order valence-electron chi connectivity index (χ4n) is 3.71. The Morgan fingerprint density at radius 1 is 1.03 bits per heavy atom. The van der Waals surface area contributed by atoms with E-state index in [0.717, 1.165) is 4.70 Å². The van der Waals surface area contributed by atoms with Crippen LogP contribution in [0.1, 0.15) is 17.3 Å². The average Bonchev–Trinajstić information content (AvgIpc) is 3.38. The van der Waals surface area contributed by atoms with E-state index >= 15 is 0 Å². The highest BCUT2D eigenvalue weighted by atomic mass is 32.1. The molecule has 1 N–H and O–H groups in total. The van der Waals surface area contributed by atoms with E-state index in [-0.39, 0.29) is 16.8 Å². The molecular weight excluding hydrogens is 444 g/mol. The Bertz CT molecular complexity index is 1410. The second-order valence-corrected chi connectivity index (χ2v) is 8.20. The van der Waals surface area contributed by atoms with Crippen LogP contribution in [-0.2, 0) is 9.59 Å². The maximum Gasteiger partial charge on any atom is 0.301 e. The summed E-state index contributed by atoms with van der Waals surface area (Å²) in [6.45, 7) is 0. The molecule has 0 bridgehead atoms. The summed E-state index contributed by atoms with van der Waals surface area (Å²) in [7, 11) is 0. The molecular formula is C23H14N4O5S. The number of pyridine rings is 1. The minimum Gasteiger partial charge on any atom is -0.507 e. The van der Waals surface area contributed by atoms with Crippen molar-refractivity contribution in [3.63, 3.8) is 0 Å². The predicted molar refractivity (Wildman–Crippen MR) is 122 cm³/mol. The van der Waals surface area contributed by atoms with E-state index < -0.39 is 28.4 Å². The lowest BCUT2D eigenvalue weighted by Crippen LogP contribution is -2.29. The van der Waals surface area contributed by atoms with Crippen LogP contribution < -0.4 is 4.90 Å². The zero-order valence-electron chi connectivity index (χ0n) is 16.8. The van der Waals surface area contributed by atoms with Crippen molar-refractivity contribution in [3.05, 3.63) is 99.9 Å². The van der Waals surface area contributed by atoms with E-state index in [2.05, 4.69) is 9.97 Å². The molecule has 1 atom stereocenters. The van der Waals surface area contributed by atoms with E-state index in [4.69, 9.17) is 0 Å². The Hall–Kier alpha value is -4.44. The van der Waals surface area contributed by atoms with Crippen LogP contribution in [0.5, 0.6) is 0 Å². The number of nitro benzene ring substituents is 1. The van der Waals surface area contributed by atoms with E-state index in [9.17, 15) is 24.8 Å². The number of Topliss-reactive ketones (excluding diaryl/α,β-unsaturated/α-hetero) is 1. The third-order valence-corrected chi connectivity index (χ3v) is 6.29. The molecule has 0 saturated carbocycles. The number of para-hydroxylation sites is 1. The first kappa shape index (κ1) is 20.5. The Morgan fingerprint density at radius 2 is 1.76 bits per heavy atom. The highest BCUT2D eigenvalue weighted by molar-refractivity contribution is 7.22. The highest BCUT2D eigenvalue weighted by Crippen LogP contribution is 2.43. The van der Waals surface area contributed by atoms with Gasteiger partial charge in [0.25, 0.3) is 11.5 Å². The first-order chi connectivity index (χ1) is 16.0. The van der Waals surface area contributed by atoms with Crippen LogP contribution in [-0.4, -0.2) is 31.7 Å². The standard InChI is InChI=1S/C23H14N4O5S/c28-20(13-8-10-14(11-9-13)27(31)32)18-19(16-6-3-4-12-24-16)26(22(30)21(18)29)23-25-15-5-1-2-7-17(15)33-23/h1-12,19,28H/b20-18+. The summed E-state index contributed by atoms with van der Waals surface area (Å²) in [6, 6.07) is 16.5. The van der Waals surface area contributed by atoms with Crippen LogP contribution >= 0.6 is 11.3 Å². The topological polar surface area (TPSA) is 127 Å². The number of nitro groups is 1. The van der Waals surface area contributed by atoms with Crippen LogP contribution in [0.25, 0.3) is 16.0 Å². The lowest BCUT2D eigenvalue weighted by atomic mass is 9.98. The molecule has 2 aromatic heterocycles. The molecule has 10 heteroatoms. The minimum absolute atomic E-state index is 0.160. The quantitative estimate of drug-likeness (QED) is 0.159. The number of carbonyl (C=O) groups excluding carboxylic acids is 2. The summed E-state index contributed by atoms with van der Waals surface area (Å²) in [5.74, 6) is -2.17. The molecule has 5 rings (SSSR count). The van der Waals surface area contributed by atoms with Gasteiger partial charge in [0.15, 0.2) is 5.13 Å². The lowest BCUT2D eigenvalue weighted by molar-refractivity contribution is -0.384. The van der Waals surface area contributed by atoms with Crippen molar-refractivity contribution in [1.82, 2.24) is 9.97 Å². The van der Waals surface area contributed by atoms with E-state index in [0.29, 0.717) is 16.3 Å². The van der Waals surface area contributed by atoms with Gasteiger partial charge in [-0.2, -0.15) is 0 Å². The summed E-state index contributed by atoms with van der Waals surface area (Å²) >= 11 is 1.25. The molecule has 1 aliphatic rings. The van der Waals surface area contributed by atoms with Crippen molar-refractivity contribution < 1.29 is 19.6 Å². The van der Waals surface area contributed by atoms with Crippen LogP contribution in [0.15, 0.2) is 78.5 Å². The SMILES string of the molecule is O=C1C(=O)N(c2nc3ccccc3s2)C(c2ccccn2)/C1=C(\O)c1ccc([N+](=O)[O-])cc1. The second-order valence-electron chi connectivity index (χ2n) is 7.19. The fourth-order valence-corrected chi connectivity index (χ4v) is 4.70. The number of amides is 1. The van der Waals surface area contributed by atoms with Gasteiger partial charge in [0.05, 0.1) is 26.4 Å². The molecule has 1 aliphatic heterocycles. The number of carbonyl (C=O) groups is 2. The van der Waals surface area contributed by atoms with Gasteiger partial charge in [-0.3, -0.25) is 29.6 Å². The first-order valence-corrected chi connectivity index (χ1v) is 10.6. The van der Waals surface area contributed by atoms with Gasteiger partial charge in [-0.15, -0.1) is 0 Å². The van der Waals surface area contributed by atoms with Crippen molar-refractivity contribution in [3.8, 4) is 0 Å². The zero-order valence-corrected chi connectivity index (χ0v) is 17.6. The van der Waals surface area contributed by atoms with Crippen molar-refractivity contribution in [2.75, 3.05) is 4.90 Å². The maximum atomic E-state index is 13.1. The zero-order chi connectivity index (χ0) is 23.1. The maximum absolute atomic E-state index is 13.1. The Labute approximate surface area is 190 Å². The number of fused-ring (bicyclic) bond motifs is 1. The number of ketones is 1. The van der Waals surface area contributed by atoms with Crippen LogP contribution in [0, 0.1) is 10.1 Å². The van der Waals surface area contributed by atoms with Crippen LogP contribution in [0.2, 0.25) is 0 Å². The molecule has 3 heterocycles. The number of hydrogen-bond donors (Lipinski definition) is 1. The van der Waals surface area contributed by atoms with Crippen molar-refractivity contribution in [2.45, 2.75) is 6.04 Å². The Kier molecular flexibility index (Phi) is 4.91. The molecule has 0 aliphatic carbocycles. The molecule has 162 valence electrons. The summed E-state index contributed by atoms with van der Waals surface area (Å²) in [5.41, 5.74) is 0.896. The number of anilines is 1. The van der Waals surface area contributed by atoms with E-state index in [1.54, 1.807) is 24.3 Å². The largest absolute Gasteiger partial charge is 0.507 e. The molecule has 0 radical (unpaired) electrons. The van der Waals surface area contributed by atoms with Gasteiger partial charge in [0.1, 0.15) is 11.8 Å². The first-order valence-electron chi connectivity index (χ1n) is 9.78. The van der Waals surface area contributed by atoms with E-state index in [1.807, 2.05) is 18.2 Å². The number of rotatable bonds is 4. The van der Waals surface area contributed by atoms with Crippen LogP contribution in [0.4, 0.5) is 10.8 Å². The summed E-state index contributed by atoms with van der Waals surface area (Å²) in [4.78, 5) is 46.7. The van der Waals surface area contributed by atoms with Crippen molar-refractivity contribution >= 4 is 49.8 Å². The molecule has 4 aromatic rings. The van der Waals surface area contributed by atoms with Gasteiger partial charge >= 0.3 is 5.91 Å². The van der Waals surface area contributed by atoms with Crippen molar-refractivity contribution in [1.29, 1.82) is 0 Å². The lowest BCUT2D eigenvalue weighted by Gasteiger charge is -2.21. The normalized spacial score (nSPS) is 17.6. The molecule has 0 spiro atoms. The third kappa shape index (κ3) is 3.42. The summed E-state index contributed by atoms with van der Waals surface area (Å²) in [5, 5.41) is 22.3. The second kappa shape index (κ2) is 7.92. The number of aliphatic hydroxyl groups excluding tert-OH is 1. The number of nitrogens with zero attached hydrogens (tertiary/aromatic N) is 4. The third-order valence-electron chi connectivity index (χ3n) is 5.25. The fraction of sp³-hybridized carbons (Fsp3) is 0.0435. The monoisotopic (exact) mass is 458 g/mol. The Balaban J connectivity index is 1.70. The van der Waals surface area contributed by atoms with Gasteiger partial charge in [-0.1, -0.05) is 29.5 Å². The average molecular weight is 458 g/mol. The number of aromatic nitrogens is 2. The molecule has 1 unspecified atom stereocenters. The summed E-state index contributed by atoms with van der Waals surface area (Å²) < 4.78 is 0.838. The smallest absolute Gasteiger partial charge is 0.301 e. The highest BCUT2D eigenvalue weighted by Gasteiger charge is 2.48. The molecule has 1 saturated heterocycles.